The van der Waals surface area contributed by atoms with Crippen LogP contribution in [0.25, 0.3) is 0 Å². The number of aliphatic hydroxyl groups is 6. The summed E-state index contributed by atoms with van der Waals surface area (Å²) in [5.41, 5.74) is 2.29. The first-order chi connectivity index (χ1) is 21.6. The van der Waals surface area contributed by atoms with Gasteiger partial charge in [0.2, 0.25) is 0 Å². The van der Waals surface area contributed by atoms with Crippen LogP contribution < -0.4 is 0 Å². The second-order valence-corrected chi connectivity index (χ2v) is 16.1. The summed E-state index contributed by atoms with van der Waals surface area (Å²) in [6.07, 6.45) is 0.995. The van der Waals surface area contributed by atoms with Crippen LogP contribution in [0.5, 0.6) is 0 Å². The average Bonchev–Trinajstić information content (AvgIpc) is 3.58. The number of hydrogen-bond acceptors (Lipinski definition) is 11. The first-order valence-corrected chi connectivity index (χ1v) is 17.3. The standard InChI is InChI=1S/C35H52O11/c1-16(2)35(42)29-28(46-34(35,5)41)24(30(40)45-29)22-9-8-20-19-7-6-17-14-18(10-12-32(17,3)21(19)11-13-33(20,22)4)43-31-27(39)26(38)25(37)23(15-36)44-31/h8,16-18,22-29,31,36-39,41-42H,6-7,9-15H2,1-5H3/t17-,18-,22+,23+,24-,25+,26-,27+,28+,29+,31+,32-,33-,34-,35-/m0/s1. The van der Waals surface area contributed by atoms with Crippen molar-refractivity contribution in [2.24, 2.45) is 34.5 Å². The molecule has 0 aromatic rings. The van der Waals surface area contributed by atoms with Gasteiger partial charge in [-0.05, 0) is 98.0 Å². The summed E-state index contributed by atoms with van der Waals surface area (Å²) in [4.78, 5) is 13.5. The highest BCUT2D eigenvalue weighted by Gasteiger charge is 2.73. The summed E-state index contributed by atoms with van der Waals surface area (Å²) < 4.78 is 23.8. The van der Waals surface area contributed by atoms with Gasteiger partial charge < -0.3 is 49.6 Å². The van der Waals surface area contributed by atoms with Crippen LogP contribution in [-0.2, 0) is 23.7 Å². The molecule has 3 saturated heterocycles. The maximum atomic E-state index is 13.5. The molecule has 7 aliphatic rings. The Kier molecular flexibility index (Phi) is 7.95. The van der Waals surface area contributed by atoms with Crippen molar-refractivity contribution in [1.29, 1.82) is 0 Å². The number of carbonyl (C=O) groups is 1. The number of fused-ring (bicyclic) bond motifs is 5. The van der Waals surface area contributed by atoms with E-state index in [4.69, 9.17) is 18.9 Å². The minimum Gasteiger partial charge on any atom is -0.456 e. The molecule has 0 unspecified atom stereocenters. The Hall–Kier alpha value is -1.41. The van der Waals surface area contributed by atoms with E-state index in [1.807, 2.05) is 0 Å². The van der Waals surface area contributed by atoms with Crippen LogP contribution >= 0.6 is 0 Å². The first-order valence-electron chi connectivity index (χ1n) is 17.3. The minimum atomic E-state index is -1.83. The third kappa shape index (κ3) is 4.46. The Morgan fingerprint density at radius 1 is 1.00 bits per heavy atom. The van der Waals surface area contributed by atoms with Gasteiger partial charge >= 0.3 is 5.97 Å². The Bertz CT molecular complexity index is 1310. The average molecular weight is 649 g/mol. The topological polar surface area (TPSA) is 175 Å². The van der Waals surface area contributed by atoms with Gasteiger partial charge in [0, 0.05) is 0 Å². The van der Waals surface area contributed by atoms with Crippen LogP contribution in [0, 0.1) is 34.5 Å². The van der Waals surface area contributed by atoms with E-state index in [1.165, 1.54) is 23.6 Å². The van der Waals surface area contributed by atoms with E-state index < -0.39 is 66.8 Å². The summed E-state index contributed by atoms with van der Waals surface area (Å²) in [5, 5.41) is 63.2. The SMILES string of the molecule is CC(C)[C@]1(O)[C@@H]2OC(=O)[C@@H]([C@H]3CC=C4C5=C(CC[C@@]43C)[C@@]3(C)CC[C@H](O[C@@H]4O[C@H](CO)[C@@H](O)[C@H](O)[C@H]4O)C[C@@H]3CC5)[C@H]2O[C@]1(C)O. The zero-order valence-corrected chi connectivity index (χ0v) is 27.6. The van der Waals surface area contributed by atoms with E-state index in [9.17, 15) is 35.4 Å². The fourth-order valence-corrected chi connectivity index (χ4v) is 10.8. The lowest BCUT2D eigenvalue weighted by atomic mass is 9.51. The van der Waals surface area contributed by atoms with Gasteiger partial charge in [-0.25, -0.2) is 0 Å². The molecule has 6 N–H and O–H groups in total. The van der Waals surface area contributed by atoms with Crippen molar-refractivity contribution in [1.82, 2.24) is 0 Å². The molecule has 258 valence electrons. The number of hydrogen-bond donors (Lipinski definition) is 6. The molecule has 0 radical (unpaired) electrons. The molecule has 3 aliphatic heterocycles. The van der Waals surface area contributed by atoms with Crippen LogP contribution in [0.2, 0.25) is 0 Å². The van der Waals surface area contributed by atoms with Crippen LogP contribution in [0.3, 0.4) is 0 Å². The number of allylic oxidation sites excluding steroid dienone is 4. The molecule has 11 nitrogen and oxygen atoms in total. The number of ether oxygens (including phenoxy) is 4. The summed E-state index contributed by atoms with van der Waals surface area (Å²) in [6, 6.07) is 0. The zero-order chi connectivity index (χ0) is 33.1. The fraction of sp³-hybridized carbons (Fsp3) is 0.857. The highest BCUT2D eigenvalue weighted by Crippen LogP contribution is 2.66. The molecule has 0 bridgehead atoms. The third-order valence-corrected chi connectivity index (χ3v) is 13.7. The number of rotatable bonds is 5. The Labute approximate surface area is 270 Å². The van der Waals surface area contributed by atoms with Crippen LogP contribution in [0.4, 0.5) is 0 Å². The molecule has 4 fully saturated rings. The molecular formula is C35H52O11. The maximum Gasteiger partial charge on any atom is 0.312 e. The molecule has 46 heavy (non-hydrogen) atoms. The molecule has 3 heterocycles. The van der Waals surface area contributed by atoms with Crippen LogP contribution in [0.15, 0.2) is 22.8 Å². The normalized spacial score (nSPS) is 53.4. The Balaban J connectivity index is 1.08. The molecular weight excluding hydrogens is 596 g/mol. The Morgan fingerprint density at radius 2 is 1.74 bits per heavy atom. The highest BCUT2D eigenvalue weighted by molar-refractivity contribution is 5.77. The summed E-state index contributed by atoms with van der Waals surface area (Å²) in [5.74, 6) is -2.83. The van der Waals surface area contributed by atoms with Crippen molar-refractivity contribution in [2.75, 3.05) is 6.61 Å². The molecule has 4 aliphatic carbocycles. The molecule has 11 heteroatoms. The molecule has 15 atom stereocenters. The monoisotopic (exact) mass is 648 g/mol. The lowest BCUT2D eigenvalue weighted by Gasteiger charge is -2.54. The van der Waals surface area contributed by atoms with E-state index in [0.717, 1.165) is 44.9 Å². The van der Waals surface area contributed by atoms with Gasteiger partial charge in [-0.15, -0.1) is 0 Å². The number of aliphatic hydroxyl groups excluding tert-OH is 4. The van der Waals surface area contributed by atoms with Gasteiger partial charge in [-0.3, -0.25) is 4.79 Å². The fourth-order valence-electron chi connectivity index (χ4n) is 10.8. The lowest BCUT2D eigenvalue weighted by Crippen LogP contribution is -2.60. The molecule has 7 rings (SSSR count). The molecule has 0 amide bonds. The van der Waals surface area contributed by atoms with Crippen molar-refractivity contribution in [2.45, 2.75) is 146 Å². The lowest BCUT2D eigenvalue weighted by molar-refractivity contribution is -0.315. The van der Waals surface area contributed by atoms with E-state index in [-0.39, 0.29) is 34.7 Å². The maximum absolute atomic E-state index is 13.5. The molecule has 1 saturated carbocycles. The van der Waals surface area contributed by atoms with Gasteiger partial charge in [-0.1, -0.05) is 39.3 Å². The second-order valence-electron chi connectivity index (χ2n) is 16.1. The smallest absolute Gasteiger partial charge is 0.312 e. The van der Waals surface area contributed by atoms with Crippen LogP contribution in [-0.4, -0.2) is 104 Å². The van der Waals surface area contributed by atoms with Gasteiger partial charge in [0.15, 0.2) is 23.8 Å². The van der Waals surface area contributed by atoms with E-state index >= 15 is 0 Å². The number of esters is 1. The van der Waals surface area contributed by atoms with E-state index in [2.05, 4.69) is 19.9 Å². The predicted molar refractivity (Wildman–Crippen MR) is 163 cm³/mol. The second kappa shape index (κ2) is 11.1. The van der Waals surface area contributed by atoms with Crippen molar-refractivity contribution in [3.05, 3.63) is 22.8 Å². The quantitative estimate of drug-likeness (QED) is 0.240. The first kappa shape index (κ1) is 33.1. The largest absolute Gasteiger partial charge is 0.456 e. The molecule has 0 aromatic carbocycles. The summed E-state index contributed by atoms with van der Waals surface area (Å²) >= 11 is 0. The Morgan fingerprint density at radius 3 is 2.43 bits per heavy atom. The highest BCUT2D eigenvalue weighted by atomic mass is 16.7. The third-order valence-electron chi connectivity index (χ3n) is 13.7. The minimum absolute atomic E-state index is 0.0124. The zero-order valence-electron chi connectivity index (χ0n) is 27.6. The predicted octanol–water partition coefficient (Wildman–Crippen LogP) is 1.85. The van der Waals surface area contributed by atoms with Gasteiger partial charge in [-0.2, -0.15) is 0 Å². The summed E-state index contributed by atoms with van der Waals surface area (Å²) in [7, 11) is 0. The van der Waals surface area contributed by atoms with Crippen molar-refractivity contribution in [3.8, 4) is 0 Å². The van der Waals surface area contributed by atoms with Crippen molar-refractivity contribution < 1.29 is 54.4 Å². The number of carbonyl (C=O) groups excluding carboxylic acids is 1. The van der Waals surface area contributed by atoms with Crippen molar-refractivity contribution >= 4 is 5.97 Å². The van der Waals surface area contributed by atoms with Gasteiger partial charge in [0.1, 0.15) is 30.5 Å². The van der Waals surface area contributed by atoms with Gasteiger partial charge in [0.05, 0.1) is 18.6 Å². The van der Waals surface area contributed by atoms with Crippen LogP contribution in [0.1, 0.15) is 86.0 Å². The van der Waals surface area contributed by atoms with E-state index in [1.54, 1.807) is 13.8 Å². The summed E-state index contributed by atoms with van der Waals surface area (Å²) in [6.45, 7) is 9.23. The molecule has 0 spiro atoms. The molecule has 0 aromatic heterocycles. The van der Waals surface area contributed by atoms with Gasteiger partial charge in [0.25, 0.3) is 0 Å². The van der Waals surface area contributed by atoms with Crippen molar-refractivity contribution in [3.63, 3.8) is 0 Å². The van der Waals surface area contributed by atoms with E-state index in [0.29, 0.717) is 12.3 Å².